The minimum atomic E-state index is -1.17. The van der Waals surface area contributed by atoms with Crippen molar-refractivity contribution in [3.8, 4) is 0 Å². The molecule has 0 aromatic carbocycles. The molecule has 1 unspecified atom stereocenters. The largest absolute Gasteiger partial charge is 0.0888 e. The molecule has 4 heteroatoms. The summed E-state index contributed by atoms with van der Waals surface area (Å²) >= 11 is 0. The zero-order valence-corrected chi connectivity index (χ0v) is 18.9. The summed E-state index contributed by atoms with van der Waals surface area (Å²) < 4.78 is 0. The Morgan fingerprint density at radius 1 is 0.737 bits per heavy atom. The van der Waals surface area contributed by atoms with E-state index in [0.717, 1.165) is 5.54 Å². The van der Waals surface area contributed by atoms with Gasteiger partial charge in [-0.15, -0.1) is 0 Å². The lowest BCUT2D eigenvalue weighted by atomic mass is 10.1. The van der Waals surface area contributed by atoms with Crippen LogP contribution in [0.3, 0.4) is 0 Å². The van der Waals surface area contributed by atoms with E-state index in [1.54, 1.807) is 0 Å². The normalized spacial score (nSPS) is 22.7. The summed E-state index contributed by atoms with van der Waals surface area (Å²) in [4.78, 5) is 0. The van der Waals surface area contributed by atoms with E-state index in [1.807, 2.05) is 0 Å². The van der Waals surface area contributed by atoms with Gasteiger partial charge >= 0.3 is 0 Å². The van der Waals surface area contributed by atoms with Crippen LogP contribution in [0.25, 0.3) is 0 Å². The van der Waals surface area contributed by atoms with Crippen LogP contribution in [0.15, 0.2) is 12.2 Å². The minimum absolute atomic E-state index is 1.02. The molecule has 19 heavy (non-hydrogen) atoms. The molecule has 0 amide bonds. The predicted molar refractivity (Wildman–Crippen MR) is 103 cm³/mol. The van der Waals surface area contributed by atoms with Gasteiger partial charge in [-0.2, -0.15) is 0 Å². The third kappa shape index (κ3) is 2.96. The molecular formula is C15H36Si4. The second-order valence-electron chi connectivity index (χ2n) is 9.52. The summed E-state index contributed by atoms with van der Waals surface area (Å²) in [6, 6.07) is 0. The van der Waals surface area contributed by atoms with Crippen LogP contribution in [0.2, 0.25) is 64.5 Å². The first kappa shape index (κ1) is 17.7. The lowest BCUT2D eigenvalue weighted by Gasteiger charge is -2.61. The van der Waals surface area contributed by atoms with Gasteiger partial charge in [0.2, 0.25) is 0 Å². The molecule has 0 nitrogen and oxygen atoms in total. The standard InChI is InChI=1S/C15H36Si4/c1-16(2,3)19(17(4,5)6,18(7,8)9)15-13-11-10-12-14-15/h11,13,15H,10,12,14H2,1-9H3. The van der Waals surface area contributed by atoms with Crippen molar-refractivity contribution in [2.24, 2.45) is 0 Å². The lowest BCUT2D eigenvalue weighted by molar-refractivity contribution is 0.721. The van der Waals surface area contributed by atoms with Crippen LogP contribution in [-0.2, 0) is 0 Å². The third-order valence-corrected chi connectivity index (χ3v) is 79.2. The number of rotatable bonds is 4. The first-order valence-electron chi connectivity index (χ1n) is 8.02. The fraction of sp³-hybridized carbons (Fsp3) is 0.867. The summed E-state index contributed by atoms with van der Waals surface area (Å²) in [5, 5.41) is 0. The van der Waals surface area contributed by atoms with Gasteiger partial charge in [-0.25, -0.2) is 0 Å². The van der Waals surface area contributed by atoms with E-state index in [4.69, 9.17) is 0 Å². The van der Waals surface area contributed by atoms with Crippen molar-refractivity contribution in [1.29, 1.82) is 0 Å². The van der Waals surface area contributed by atoms with E-state index in [0.29, 0.717) is 0 Å². The van der Waals surface area contributed by atoms with Crippen LogP contribution >= 0.6 is 0 Å². The Morgan fingerprint density at radius 3 is 1.42 bits per heavy atom. The van der Waals surface area contributed by atoms with Crippen molar-refractivity contribution < 1.29 is 0 Å². The van der Waals surface area contributed by atoms with Crippen LogP contribution in [0.1, 0.15) is 19.3 Å². The molecule has 0 aliphatic heterocycles. The highest BCUT2D eigenvalue weighted by molar-refractivity contribution is 7.89. The third-order valence-electron chi connectivity index (χ3n) is 5.36. The molecular weight excluding hydrogens is 293 g/mol. The Balaban J connectivity index is 3.53. The average molecular weight is 329 g/mol. The second kappa shape index (κ2) is 5.43. The molecule has 0 spiro atoms. The minimum Gasteiger partial charge on any atom is -0.0888 e. The fourth-order valence-electron chi connectivity index (χ4n) is 6.22. The van der Waals surface area contributed by atoms with E-state index in [1.165, 1.54) is 19.3 Å². The quantitative estimate of drug-likeness (QED) is 0.452. The highest BCUT2D eigenvalue weighted by Crippen LogP contribution is 2.48. The SMILES string of the molecule is C[Si](C)(C)[Si](C1C=CCCC1)([Si](C)(C)C)[Si](C)(C)C. The lowest BCUT2D eigenvalue weighted by Crippen LogP contribution is -2.84. The zero-order chi connectivity index (χ0) is 15.1. The summed E-state index contributed by atoms with van der Waals surface area (Å²) in [6.07, 6.45) is 9.53. The van der Waals surface area contributed by atoms with E-state index in [2.05, 4.69) is 71.1 Å². The van der Waals surface area contributed by atoms with Crippen LogP contribution < -0.4 is 0 Å². The smallest absolute Gasteiger partial charge is 0.0449 e. The molecule has 1 aliphatic rings. The Morgan fingerprint density at radius 2 is 1.16 bits per heavy atom. The molecule has 1 rings (SSSR count). The van der Waals surface area contributed by atoms with Crippen LogP contribution in [0, 0.1) is 0 Å². The van der Waals surface area contributed by atoms with Crippen LogP contribution in [0.4, 0.5) is 0 Å². The highest BCUT2D eigenvalue weighted by Gasteiger charge is 2.64. The average Bonchev–Trinajstić information content (AvgIpc) is 2.12. The molecule has 0 aromatic rings. The Hall–Kier alpha value is 0.608. The maximum absolute atomic E-state index is 2.72. The molecule has 0 aromatic heterocycles. The monoisotopic (exact) mass is 328 g/mol. The molecule has 0 heterocycles. The van der Waals surface area contributed by atoms with Crippen molar-refractivity contribution in [2.75, 3.05) is 0 Å². The van der Waals surface area contributed by atoms with E-state index < -0.39 is 29.4 Å². The van der Waals surface area contributed by atoms with Gasteiger partial charge in [-0.3, -0.25) is 0 Å². The molecule has 112 valence electrons. The molecule has 0 saturated carbocycles. The number of hydrogen-bond acceptors (Lipinski definition) is 0. The van der Waals surface area contributed by atoms with Gasteiger partial charge in [-0.05, 0) is 24.8 Å². The predicted octanol–water partition coefficient (Wildman–Crippen LogP) is 5.80. The van der Waals surface area contributed by atoms with Gasteiger partial charge in [0, 0.05) is 29.4 Å². The Bertz CT molecular complexity index is 303. The first-order valence-corrected chi connectivity index (χ1v) is 23.6. The molecule has 0 saturated heterocycles. The second-order valence-corrected chi connectivity index (χ2v) is 50.5. The van der Waals surface area contributed by atoms with Gasteiger partial charge in [0.05, 0.1) is 0 Å². The van der Waals surface area contributed by atoms with Crippen molar-refractivity contribution in [1.82, 2.24) is 0 Å². The van der Waals surface area contributed by atoms with Crippen molar-refractivity contribution in [2.45, 2.75) is 83.7 Å². The van der Waals surface area contributed by atoms with Gasteiger partial charge in [0.1, 0.15) is 0 Å². The van der Waals surface area contributed by atoms with E-state index in [9.17, 15) is 0 Å². The topological polar surface area (TPSA) is 0 Å². The van der Waals surface area contributed by atoms with Gasteiger partial charge in [0.15, 0.2) is 0 Å². The number of hydrogen-bond donors (Lipinski definition) is 0. The summed E-state index contributed by atoms with van der Waals surface area (Å²) in [5.74, 6) is 0. The molecule has 0 radical (unpaired) electrons. The molecule has 0 bridgehead atoms. The number of allylic oxidation sites excluding steroid dienone is 2. The summed E-state index contributed by atoms with van der Waals surface area (Å²) in [5.41, 5.74) is 1.02. The Kier molecular flexibility index (Phi) is 5.04. The summed E-state index contributed by atoms with van der Waals surface area (Å²) in [7, 11) is -3.25. The molecule has 1 atom stereocenters. The summed E-state index contributed by atoms with van der Waals surface area (Å²) in [6.45, 7) is 23.3. The first-order chi connectivity index (χ1) is 8.36. The maximum atomic E-state index is 2.72. The van der Waals surface area contributed by atoms with Crippen molar-refractivity contribution >= 4 is 29.4 Å². The highest BCUT2D eigenvalue weighted by atomic mass is 29.9. The molecule has 1 aliphatic carbocycles. The molecule has 0 fully saturated rings. The molecule has 0 N–H and O–H groups in total. The fourth-order valence-corrected chi connectivity index (χ4v) is 111. The van der Waals surface area contributed by atoms with E-state index in [-0.39, 0.29) is 0 Å². The van der Waals surface area contributed by atoms with Crippen molar-refractivity contribution in [3.05, 3.63) is 12.2 Å². The van der Waals surface area contributed by atoms with Gasteiger partial charge in [-0.1, -0.05) is 71.1 Å². The zero-order valence-electron chi connectivity index (χ0n) is 14.9. The maximum Gasteiger partial charge on any atom is 0.0449 e. The van der Waals surface area contributed by atoms with E-state index >= 15 is 0 Å². The van der Waals surface area contributed by atoms with Crippen molar-refractivity contribution in [3.63, 3.8) is 0 Å². The van der Waals surface area contributed by atoms with Crippen LogP contribution in [0.5, 0.6) is 0 Å². The van der Waals surface area contributed by atoms with Gasteiger partial charge in [0.25, 0.3) is 0 Å². The van der Waals surface area contributed by atoms with Gasteiger partial charge < -0.3 is 0 Å². The van der Waals surface area contributed by atoms with Crippen LogP contribution in [-0.4, -0.2) is 29.4 Å². The Labute approximate surface area is 125 Å².